The highest BCUT2D eigenvalue weighted by atomic mass is 32.2. The van der Waals surface area contributed by atoms with Crippen molar-refractivity contribution < 1.29 is 13.2 Å². The number of hydrogen-bond donors (Lipinski definition) is 1. The van der Waals surface area contributed by atoms with Crippen molar-refractivity contribution >= 4 is 27.4 Å². The van der Waals surface area contributed by atoms with Crippen molar-refractivity contribution in [2.24, 2.45) is 0 Å². The monoisotopic (exact) mass is 374 g/mol. The topological polar surface area (TPSA) is 92.3 Å². The smallest absolute Gasteiger partial charge is 0.258 e. The summed E-state index contributed by atoms with van der Waals surface area (Å²) < 4.78 is 23.2. The number of amides is 1. The van der Waals surface area contributed by atoms with E-state index in [1.165, 1.54) is 12.4 Å². The van der Waals surface area contributed by atoms with E-state index in [1.807, 2.05) is 32.0 Å². The molecule has 1 saturated heterocycles. The first-order valence-electron chi connectivity index (χ1n) is 8.39. The maximum Gasteiger partial charge on any atom is 0.258 e. The number of carbonyl (C=O) groups is 1. The number of nitrogens with one attached hydrogen (secondary N) is 1. The normalized spacial score (nSPS) is 18.5. The lowest BCUT2D eigenvalue weighted by Crippen LogP contribution is -2.34. The molecular formula is C18H22N4O3S. The third-order valence-electron chi connectivity index (χ3n) is 4.61. The van der Waals surface area contributed by atoms with E-state index in [4.69, 9.17) is 0 Å². The number of aromatic nitrogens is 2. The number of nitrogens with zero attached hydrogens (tertiary/aromatic N) is 3. The van der Waals surface area contributed by atoms with Crippen molar-refractivity contribution in [2.45, 2.75) is 26.3 Å². The van der Waals surface area contributed by atoms with E-state index in [2.05, 4.69) is 15.3 Å². The molecule has 1 aromatic carbocycles. The molecule has 138 valence electrons. The number of aryl methyl sites for hydroxylation is 2. The molecule has 7 nitrogen and oxygen atoms in total. The zero-order chi connectivity index (χ0) is 18.9. The van der Waals surface area contributed by atoms with Gasteiger partial charge in [-0.15, -0.1) is 0 Å². The highest BCUT2D eigenvalue weighted by molar-refractivity contribution is 7.91. The van der Waals surface area contributed by atoms with Gasteiger partial charge in [-0.25, -0.2) is 18.4 Å². The molecule has 0 radical (unpaired) electrons. The molecule has 1 aliphatic rings. The average Bonchev–Trinajstić information content (AvgIpc) is 2.97. The summed E-state index contributed by atoms with van der Waals surface area (Å²) in [6, 6.07) is 5.73. The maximum absolute atomic E-state index is 12.4. The Morgan fingerprint density at radius 3 is 2.54 bits per heavy atom. The van der Waals surface area contributed by atoms with E-state index < -0.39 is 9.84 Å². The third-order valence-corrected chi connectivity index (χ3v) is 6.36. The van der Waals surface area contributed by atoms with Crippen molar-refractivity contribution in [1.29, 1.82) is 0 Å². The molecule has 0 saturated carbocycles. The summed E-state index contributed by atoms with van der Waals surface area (Å²) in [5.41, 5.74) is 3.14. The van der Waals surface area contributed by atoms with E-state index in [1.54, 1.807) is 11.9 Å². The minimum atomic E-state index is -2.97. The van der Waals surface area contributed by atoms with Crippen LogP contribution in [0.3, 0.4) is 0 Å². The highest BCUT2D eigenvalue weighted by Crippen LogP contribution is 2.20. The molecule has 2 aromatic rings. The molecular weight excluding hydrogens is 352 g/mol. The lowest BCUT2D eigenvalue weighted by Gasteiger charge is -2.23. The zero-order valence-electron chi connectivity index (χ0n) is 15.1. The summed E-state index contributed by atoms with van der Waals surface area (Å²) in [4.78, 5) is 22.6. The van der Waals surface area contributed by atoms with E-state index in [0.29, 0.717) is 17.9 Å². The Kier molecular flexibility index (Phi) is 4.95. The summed E-state index contributed by atoms with van der Waals surface area (Å²) in [6.07, 6.45) is 3.49. The molecule has 2 heterocycles. The van der Waals surface area contributed by atoms with Crippen molar-refractivity contribution in [3.8, 4) is 0 Å². The molecule has 1 atom stereocenters. The fourth-order valence-electron chi connectivity index (χ4n) is 2.93. The van der Waals surface area contributed by atoms with Crippen LogP contribution < -0.4 is 10.2 Å². The Morgan fingerprint density at radius 1 is 1.23 bits per heavy atom. The molecule has 0 bridgehead atoms. The maximum atomic E-state index is 12.4. The number of benzene rings is 1. The molecule has 0 aliphatic carbocycles. The lowest BCUT2D eigenvalue weighted by atomic mass is 10.1. The van der Waals surface area contributed by atoms with Crippen LogP contribution in [0.15, 0.2) is 30.6 Å². The summed E-state index contributed by atoms with van der Waals surface area (Å²) >= 11 is 0. The molecule has 1 fully saturated rings. The molecule has 3 rings (SSSR count). The van der Waals surface area contributed by atoms with Crippen LogP contribution in [0, 0.1) is 13.8 Å². The van der Waals surface area contributed by atoms with Gasteiger partial charge in [0.25, 0.3) is 5.91 Å². The second-order valence-corrected chi connectivity index (χ2v) is 8.94. The standard InChI is InChI=1S/C18H22N4O3S/c1-12-4-5-13(2)16(8-12)21-17(23)14-9-19-18(20-10-14)22(3)15-6-7-26(24,25)11-15/h4-5,8-10,15H,6-7,11H2,1-3H3,(H,21,23). The van der Waals surface area contributed by atoms with Crippen molar-refractivity contribution in [1.82, 2.24) is 9.97 Å². The predicted molar refractivity (Wildman–Crippen MR) is 101 cm³/mol. The van der Waals surface area contributed by atoms with Gasteiger partial charge in [0.1, 0.15) is 0 Å². The molecule has 0 spiro atoms. The second kappa shape index (κ2) is 7.03. The van der Waals surface area contributed by atoms with E-state index >= 15 is 0 Å². The van der Waals surface area contributed by atoms with Crippen LogP contribution in [0.5, 0.6) is 0 Å². The number of sulfone groups is 1. The van der Waals surface area contributed by atoms with Gasteiger partial charge in [0.15, 0.2) is 9.84 Å². The van der Waals surface area contributed by atoms with Gasteiger partial charge >= 0.3 is 0 Å². The van der Waals surface area contributed by atoms with Crippen LogP contribution in [0.2, 0.25) is 0 Å². The number of carbonyl (C=O) groups excluding carboxylic acids is 1. The van der Waals surface area contributed by atoms with Crippen LogP contribution >= 0.6 is 0 Å². The third kappa shape index (κ3) is 4.01. The quantitative estimate of drug-likeness (QED) is 0.880. The Bertz CT molecular complexity index is 926. The summed E-state index contributed by atoms with van der Waals surface area (Å²) in [5.74, 6) is 0.437. The zero-order valence-corrected chi connectivity index (χ0v) is 15.9. The molecule has 1 aliphatic heterocycles. The van der Waals surface area contributed by atoms with Gasteiger partial charge in [-0.05, 0) is 37.5 Å². The Hall–Kier alpha value is -2.48. The van der Waals surface area contributed by atoms with Crippen LogP contribution in [0.1, 0.15) is 27.9 Å². The van der Waals surface area contributed by atoms with Crippen LogP contribution in [-0.4, -0.2) is 48.9 Å². The van der Waals surface area contributed by atoms with Crippen LogP contribution in [0.4, 0.5) is 11.6 Å². The molecule has 8 heteroatoms. The average molecular weight is 374 g/mol. The Morgan fingerprint density at radius 2 is 1.92 bits per heavy atom. The largest absolute Gasteiger partial charge is 0.340 e. The first kappa shape index (κ1) is 18.3. The number of rotatable bonds is 4. The first-order chi connectivity index (χ1) is 12.2. The van der Waals surface area contributed by atoms with Gasteiger partial charge in [-0.1, -0.05) is 12.1 Å². The molecule has 1 unspecified atom stereocenters. The van der Waals surface area contributed by atoms with Gasteiger partial charge in [-0.3, -0.25) is 4.79 Å². The predicted octanol–water partition coefficient (Wildman–Crippen LogP) is 1.97. The van der Waals surface area contributed by atoms with Gasteiger partial charge < -0.3 is 10.2 Å². The fraction of sp³-hybridized carbons (Fsp3) is 0.389. The lowest BCUT2D eigenvalue weighted by molar-refractivity contribution is 0.102. The minimum absolute atomic E-state index is 0.113. The highest BCUT2D eigenvalue weighted by Gasteiger charge is 2.31. The summed E-state index contributed by atoms with van der Waals surface area (Å²) in [5, 5.41) is 2.87. The van der Waals surface area contributed by atoms with E-state index in [9.17, 15) is 13.2 Å². The molecule has 26 heavy (non-hydrogen) atoms. The molecule has 1 amide bonds. The first-order valence-corrected chi connectivity index (χ1v) is 10.2. The molecule has 1 N–H and O–H groups in total. The van der Waals surface area contributed by atoms with Crippen molar-refractivity contribution in [3.05, 3.63) is 47.3 Å². The second-order valence-electron chi connectivity index (χ2n) is 6.71. The van der Waals surface area contributed by atoms with Crippen molar-refractivity contribution in [3.63, 3.8) is 0 Å². The van der Waals surface area contributed by atoms with E-state index in [0.717, 1.165) is 16.8 Å². The van der Waals surface area contributed by atoms with Gasteiger partial charge in [-0.2, -0.15) is 0 Å². The fourth-order valence-corrected chi connectivity index (χ4v) is 4.70. The van der Waals surface area contributed by atoms with E-state index in [-0.39, 0.29) is 23.5 Å². The summed E-state index contributed by atoms with van der Waals surface area (Å²) in [6.45, 7) is 3.89. The number of anilines is 2. The Balaban J connectivity index is 1.71. The Labute approximate surface area is 153 Å². The SMILES string of the molecule is Cc1ccc(C)c(NC(=O)c2cnc(N(C)C3CCS(=O)(=O)C3)nc2)c1. The molecule has 1 aromatic heterocycles. The summed E-state index contributed by atoms with van der Waals surface area (Å²) in [7, 11) is -1.20. The van der Waals surface area contributed by atoms with Crippen molar-refractivity contribution in [2.75, 3.05) is 28.8 Å². The van der Waals surface area contributed by atoms with Gasteiger partial charge in [0.05, 0.1) is 17.1 Å². The number of hydrogen-bond acceptors (Lipinski definition) is 6. The van der Waals surface area contributed by atoms with Crippen LogP contribution in [0.25, 0.3) is 0 Å². The van der Waals surface area contributed by atoms with Gasteiger partial charge in [0, 0.05) is 31.2 Å². The van der Waals surface area contributed by atoms with Crippen LogP contribution in [-0.2, 0) is 9.84 Å². The minimum Gasteiger partial charge on any atom is -0.340 e. The van der Waals surface area contributed by atoms with Gasteiger partial charge in [0.2, 0.25) is 5.95 Å².